The van der Waals surface area contributed by atoms with Crippen molar-refractivity contribution in [2.24, 2.45) is 0 Å². The molecule has 1 unspecified atom stereocenters. The number of alkyl halides is 2. The average molecular weight is 197 g/mol. The fourth-order valence-corrected chi connectivity index (χ4v) is 2.23. The predicted molar refractivity (Wildman–Crippen MR) is 41.4 cm³/mol. The molecule has 0 radical (unpaired) electrons. The van der Waals surface area contributed by atoms with Gasteiger partial charge >= 0.3 is 5.97 Å². The highest BCUT2D eigenvalue weighted by atomic mass is 32.2. The Bertz CT molecular complexity index is 182. The van der Waals surface area contributed by atoms with Gasteiger partial charge in [-0.1, -0.05) is 0 Å². The molecule has 0 aromatic rings. The van der Waals surface area contributed by atoms with Crippen molar-refractivity contribution in [3.63, 3.8) is 0 Å². The van der Waals surface area contributed by atoms with Crippen molar-refractivity contribution >= 4 is 17.7 Å². The van der Waals surface area contributed by atoms with E-state index in [0.29, 0.717) is 12.3 Å². The van der Waals surface area contributed by atoms with Crippen LogP contribution in [0.2, 0.25) is 0 Å². The van der Waals surface area contributed by atoms with Crippen LogP contribution in [0.4, 0.5) is 8.78 Å². The molecule has 0 aromatic carbocycles. The smallest absolute Gasteiger partial charge is 0.306 e. The Morgan fingerprint density at radius 1 is 1.75 bits per heavy atom. The van der Waals surface area contributed by atoms with Crippen LogP contribution in [0.3, 0.4) is 0 Å². The van der Waals surface area contributed by atoms with Crippen LogP contribution in [0, 0.1) is 0 Å². The van der Waals surface area contributed by atoms with Gasteiger partial charge in [0, 0.05) is 12.3 Å². The molecule has 1 aliphatic heterocycles. The minimum Gasteiger partial charge on any atom is -0.481 e. The fourth-order valence-electron chi connectivity index (χ4n) is 1.10. The lowest BCUT2D eigenvalue weighted by atomic mass is 10.2. The first-order valence-corrected chi connectivity index (χ1v) is 4.44. The molecule has 0 aliphatic carbocycles. The Labute approximate surface area is 72.5 Å². The van der Waals surface area contributed by atoms with Crippen LogP contribution in [-0.4, -0.2) is 34.7 Å². The summed E-state index contributed by atoms with van der Waals surface area (Å²) >= 11 is 0.984. The molecule has 1 saturated heterocycles. The van der Waals surface area contributed by atoms with Crippen molar-refractivity contribution in [1.82, 2.24) is 5.32 Å². The normalized spacial score (nSPS) is 29.6. The molecule has 0 spiro atoms. The Kier molecular flexibility index (Phi) is 2.89. The third-order valence-corrected chi connectivity index (χ3v) is 3.04. The monoisotopic (exact) mass is 197 g/mol. The van der Waals surface area contributed by atoms with Crippen molar-refractivity contribution in [3.05, 3.63) is 0 Å². The van der Waals surface area contributed by atoms with Gasteiger partial charge in [-0.3, -0.25) is 10.1 Å². The van der Waals surface area contributed by atoms with E-state index in [9.17, 15) is 13.6 Å². The molecule has 1 rings (SSSR count). The highest BCUT2D eigenvalue weighted by Gasteiger charge is 2.45. The van der Waals surface area contributed by atoms with E-state index in [4.69, 9.17) is 5.11 Å². The molecule has 1 fully saturated rings. The van der Waals surface area contributed by atoms with E-state index >= 15 is 0 Å². The van der Waals surface area contributed by atoms with Gasteiger partial charge in [-0.2, -0.15) is 0 Å². The first-order valence-electron chi connectivity index (χ1n) is 3.46. The summed E-state index contributed by atoms with van der Waals surface area (Å²) in [4.78, 5) is 8.73. The predicted octanol–water partition coefficient (Wildman–Crippen LogP) is 0.759. The standard InChI is InChI=1S/C6H9F2NO2S/c7-5(8)6(3-4(10)11)9-1-2-12-6/h5,9H,1-3H2,(H,10,11). The van der Waals surface area contributed by atoms with E-state index in [0.717, 1.165) is 11.8 Å². The molecule has 0 bridgehead atoms. The van der Waals surface area contributed by atoms with Crippen LogP contribution >= 0.6 is 11.8 Å². The summed E-state index contributed by atoms with van der Waals surface area (Å²) in [7, 11) is 0. The second-order valence-corrected chi connectivity index (χ2v) is 3.96. The molecule has 1 heterocycles. The SMILES string of the molecule is O=C(O)CC1(C(F)F)NCCS1. The molecule has 6 heteroatoms. The topological polar surface area (TPSA) is 49.3 Å². The van der Waals surface area contributed by atoms with Gasteiger partial charge in [0.15, 0.2) is 0 Å². The van der Waals surface area contributed by atoms with Crippen molar-refractivity contribution in [1.29, 1.82) is 0 Å². The number of rotatable bonds is 3. The second kappa shape index (κ2) is 3.57. The zero-order chi connectivity index (χ0) is 9.19. The molecule has 1 aliphatic rings. The van der Waals surface area contributed by atoms with E-state index < -0.39 is 23.7 Å². The van der Waals surface area contributed by atoms with Crippen LogP contribution in [-0.2, 0) is 4.79 Å². The summed E-state index contributed by atoms with van der Waals surface area (Å²) < 4.78 is 24.8. The summed E-state index contributed by atoms with van der Waals surface area (Å²) in [5.41, 5.74) is 0. The molecule has 1 atom stereocenters. The molecule has 2 N–H and O–H groups in total. The van der Waals surface area contributed by atoms with Crippen LogP contribution in [0.5, 0.6) is 0 Å². The van der Waals surface area contributed by atoms with E-state index in [1.165, 1.54) is 0 Å². The number of carboxylic acids is 1. The van der Waals surface area contributed by atoms with Gasteiger partial charge in [0.1, 0.15) is 4.87 Å². The Hall–Kier alpha value is -0.360. The number of aliphatic carboxylic acids is 1. The summed E-state index contributed by atoms with van der Waals surface area (Å²) in [6.45, 7) is 0.447. The van der Waals surface area contributed by atoms with E-state index in [2.05, 4.69) is 5.32 Å². The van der Waals surface area contributed by atoms with Crippen LogP contribution in [0.1, 0.15) is 6.42 Å². The maximum atomic E-state index is 12.4. The lowest BCUT2D eigenvalue weighted by Crippen LogP contribution is -2.45. The van der Waals surface area contributed by atoms with Crippen LogP contribution in [0.15, 0.2) is 0 Å². The molecule has 0 saturated carbocycles. The third kappa shape index (κ3) is 1.87. The van der Waals surface area contributed by atoms with Gasteiger partial charge < -0.3 is 5.11 Å². The Morgan fingerprint density at radius 3 is 2.75 bits per heavy atom. The Balaban J connectivity index is 2.65. The van der Waals surface area contributed by atoms with Gasteiger partial charge in [-0.05, 0) is 0 Å². The van der Waals surface area contributed by atoms with Crippen molar-refractivity contribution in [2.45, 2.75) is 17.7 Å². The molecular formula is C6H9F2NO2S. The third-order valence-electron chi connectivity index (χ3n) is 1.65. The van der Waals surface area contributed by atoms with E-state index in [-0.39, 0.29) is 0 Å². The lowest BCUT2D eigenvalue weighted by molar-refractivity contribution is -0.139. The van der Waals surface area contributed by atoms with E-state index in [1.807, 2.05) is 0 Å². The van der Waals surface area contributed by atoms with Gasteiger partial charge in [0.2, 0.25) is 0 Å². The quantitative estimate of drug-likeness (QED) is 0.701. The van der Waals surface area contributed by atoms with Gasteiger partial charge in [0.25, 0.3) is 6.43 Å². The Morgan fingerprint density at radius 2 is 2.42 bits per heavy atom. The molecule has 3 nitrogen and oxygen atoms in total. The number of nitrogens with one attached hydrogen (secondary N) is 1. The highest BCUT2D eigenvalue weighted by molar-refractivity contribution is 8.00. The molecule has 0 aromatic heterocycles. The summed E-state index contributed by atoms with van der Waals surface area (Å²) in [6.07, 6.45) is -3.17. The number of carbonyl (C=O) groups is 1. The van der Waals surface area contributed by atoms with Crippen LogP contribution < -0.4 is 5.32 Å². The number of carboxylic acid groups (broad SMARTS) is 1. The number of hydrogen-bond acceptors (Lipinski definition) is 3. The largest absolute Gasteiger partial charge is 0.481 e. The second-order valence-electron chi connectivity index (χ2n) is 2.54. The van der Waals surface area contributed by atoms with Crippen molar-refractivity contribution < 1.29 is 18.7 Å². The maximum absolute atomic E-state index is 12.4. The average Bonchev–Trinajstić information content (AvgIpc) is 2.35. The number of thioether (sulfide) groups is 1. The minimum atomic E-state index is -2.64. The zero-order valence-electron chi connectivity index (χ0n) is 6.22. The molecule has 0 amide bonds. The van der Waals surface area contributed by atoms with Crippen molar-refractivity contribution in [3.8, 4) is 0 Å². The minimum absolute atomic E-state index is 0.447. The first-order chi connectivity index (χ1) is 5.57. The zero-order valence-corrected chi connectivity index (χ0v) is 7.03. The summed E-state index contributed by atoms with van der Waals surface area (Å²) in [5.74, 6) is -0.658. The number of halogens is 2. The lowest BCUT2D eigenvalue weighted by Gasteiger charge is -2.25. The first kappa shape index (κ1) is 9.73. The summed E-state index contributed by atoms with van der Waals surface area (Å²) in [6, 6.07) is 0. The van der Waals surface area contributed by atoms with Gasteiger partial charge in [-0.25, -0.2) is 8.78 Å². The van der Waals surface area contributed by atoms with E-state index in [1.54, 1.807) is 0 Å². The molecule has 70 valence electrons. The van der Waals surface area contributed by atoms with Crippen LogP contribution in [0.25, 0.3) is 0 Å². The maximum Gasteiger partial charge on any atom is 0.306 e. The van der Waals surface area contributed by atoms with Gasteiger partial charge in [0.05, 0.1) is 6.42 Å². The fraction of sp³-hybridized carbons (Fsp3) is 0.833. The number of hydrogen-bond donors (Lipinski definition) is 2. The van der Waals surface area contributed by atoms with Gasteiger partial charge in [-0.15, -0.1) is 11.8 Å². The van der Waals surface area contributed by atoms with Crippen molar-refractivity contribution in [2.75, 3.05) is 12.3 Å². The summed E-state index contributed by atoms with van der Waals surface area (Å²) in [5, 5.41) is 10.9. The molecule has 12 heavy (non-hydrogen) atoms. The molecular weight excluding hydrogens is 188 g/mol. The highest BCUT2D eigenvalue weighted by Crippen LogP contribution is 2.36.